The monoisotopic (exact) mass is 594 g/mol. The molecule has 0 unspecified atom stereocenters. The Kier molecular flexibility index (Phi) is 6.38. The number of methoxy groups -OCH3 is 2. The average molecular weight is 596 g/mol. The molecular formula is C29H24Br2O4. The Morgan fingerprint density at radius 2 is 1.43 bits per heavy atom. The zero-order valence-electron chi connectivity index (χ0n) is 19.6. The fourth-order valence-corrected chi connectivity index (χ4v) is 6.13. The predicted molar refractivity (Wildman–Crippen MR) is 146 cm³/mol. The van der Waals surface area contributed by atoms with E-state index in [2.05, 4.69) is 56.1 Å². The van der Waals surface area contributed by atoms with Crippen molar-refractivity contribution in [2.75, 3.05) is 14.2 Å². The van der Waals surface area contributed by atoms with Gasteiger partial charge in [0.15, 0.2) is 5.60 Å². The van der Waals surface area contributed by atoms with Crippen LogP contribution in [0.2, 0.25) is 0 Å². The van der Waals surface area contributed by atoms with Gasteiger partial charge >= 0.3 is 0 Å². The summed E-state index contributed by atoms with van der Waals surface area (Å²) in [5.74, 6) is 2.23. The van der Waals surface area contributed by atoms with Crippen molar-refractivity contribution < 1.29 is 19.3 Å². The molecular weight excluding hydrogens is 572 g/mol. The van der Waals surface area contributed by atoms with Crippen molar-refractivity contribution in [3.63, 3.8) is 0 Å². The van der Waals surface area contributed by atoms with Gasteiger partial charge in [-0.15, -0.1) is 0 Å². The minimum absolute atomic E-state index is 0.0713. The first-order valence-corrected chi connectivity index (χ1v) is 12.7. The van der Waals surface area contributed by atoms with E-state index in [0.717, 1.165) is 64.8 Å². The quantitative estimate of drug-likeness (QED) is 0.259. The van der Waals surface area contributed by atoms with E-state index in [0.29, 0.717) is 0 Å². The highest BCUT2D eigenvalue weighted by Crippen LogP contribution is 2.50. The van der Waals surface area contributed by atoms with Crippen molar-refractivity contribution in [2.45, 2.75) is 19.1 Å². The van der Waals surface area contributed by atoms with Crippen LogP contribution in [0.4, 0.5) is 0 Å². The van der Waals surface area contributed by atoms with Gasteiger partial charge in [0, 0.05) is 31.0 Å². The lowest BCUT2D eigenvalue weighted by Crippen LogP contribution is -2.35. The largest absolute Gasteiger partial charge is 0.497 e. The first-order chi connectivity index (χ1) is 16.9. The number of halogens is 2. The molecule has 0 saturated carbocycles. The molecule has 1 aliphatic rings. The minimum Gasteiger partial charge on any atom is -0.497 e. The first kappa shape index (κ1) is 23.9. The summed E-state index contributed by atoms with van der Waals surface area (Å²) in [4.78, 5) is 0. The van der Waals surface area contributed by atoms with Crippen LogP contribution in [0, 0.1) is 6.92 Å². The van der Waals surface area contributed by atoms with Crippen molar-refractivity contribution in [1.29, 1.82) is 0 Å². The Bertz CT molecular complexity index is 1420. The summed E-state index contributed by atoms with van der Waals surface area (Å²) in [6.07, 6.45) is 4.12. The molecule has 4 aromatic carbocycles. The number of fused-ring (bicyclic) bond motifs is 3. The summed E-state index contributed by atoms with van der Waals surface area (Å²) in [7, 11) is 3.30. The van der Waals surface area contributed by atoms with Crippen LogP contribution in [0.1, 0.15) is 27.8 Å². The van der Waals surface area contributed by atoms with Crippen LogP contribution in [0.25, 0.3) is 16.8 Å². The third-order valence-electron chi connectivity index (χ3n) is 6.66. The molecule has 0 bridgehead atoms. The third kappa shape index (κ3) is 3.84. The molecule has 0 aliphatic carbocycles. The molecule has 1 heterocycles. The topological polar surface area (TPSA) is 47.9 Å². The van der Waals surface area contributed by atoms with E-state index < -0.39 is 5.60 Å². The van der Waals surface area contributed by atoms with Gasteiger partial charge in [-0.25, -0.2) is 0 Å². The number of aliphatic hydroxyl groups is 1. The van der Waals surface area contributed by atoms with Gasteiger partial charge in [-0.3, -0.25) is 0 Å². The van der Waals surface area contributed by atoms with Gasteiger partial charge in [0.2, 0.25) is 0 Å². The van der Waals surface area contributed by atoms with Crippen molar-refractivity contribution in [2.24, 2.45) is 0 Å². The highest BCUT2D eigenvalue weighted by Gasteiger charge is 2.41. The Balaban J connectivity index is 1.84. The average Bonchev–Trinajstić information content (AvgIpc) is 2.88. The van der Waals surface area contributed by atoms with E-state index in [1.807, 2.05) is 55.5 Å². The molecule has 6 heteroatoms. The lowest BCUT2D eigenvalue weighted by Gasteiger charge is -2.38. The second-order valence-electron chi connectivity index (χ2n) is 8.41. The molecule has 35 heavy (non-hydrogen) atoms. The molecule has 0 spiro atoms. The predicted octanol–water partition coefficient (Wildman–Crippen LogP) is 7.53. The van der Waals surface area contributed by atoms with Gasteiger partial charge in [0.25, 0.3) is 0 Å². The summed E-state index contributed by atoms with van der Waals surface area (Å²) >= 11 is 7.53. The summed E-state index contributed by atoms with van der Waals surface area (Å²) in [6.45, 7) is 1.97. The van der Waals surface area contributed by atoms with E-state index in [9.17, 15) is 5.11 Å². The normalized spacial score (nSPS) is 13.9. The number of aryl methyl sites for hydroxylation is 1. The van der Waals surface area contributed by atoms with Crippen molar-refractivity contribution in [1.82, 2.24) is 0 Å². The van der Waals surface area contributed by atoms with Crippen molar-refractivity contribution in [3.8, 4) is 17.2 Å². The second kappa shape index (κ2) is 9.34. The Morgan fingerprint density at radius 3 is 1.94 bits per heavy atom. The summed E-state index contributed by atoms with van der Waals surface area (Å²) in [5.41, 5.74) is 3.69. The zero-order valence-corrected chi connectivity index (χ0v) is 22.7. The van der Waals surface area contributed by atoms with E-state index in [-0.39, 0.29) is 6.61 Å². The van der Waals surface area contributed by atoms with E-state index >= 15 is 0 Å². The Labute approximate surface area is 221 Å². The molecule has 0 saturated heterocycles. The molecule has 0 atom stereocenters. The van der Waals surface area contributed by atoms with Crippen LogP contribution >= 0.6 is 31.9 Å². The molecule has 1 aliphatic heterocycles. The highest BCUT2D eigenvalue weighted by atomic mass is 79.9. The van der Waals surface area contributed by atoms with Gasteiger partial charge in [0.05, 0.1) is 20.8 Å². The van der Waals surface area contributed by atoms with Gasteiger partial charge in [-0.05, 0) is 65.9 Å². The van der Waals surface area contributed by atoms with Crippen LogP contribution in [0.5, 0.6) is 17.2 Å². The van der Waals surface area contributed by atoms with Crippen LogP contribution in [-0.2, 0) is 12.2 Å². The van der Waals surface area contributed by atoms with Crippen molar-refractivity contribution in [3.05, 3.63) is 104 Å². The van der Waals surface area contributed by atoms with Gasteiger partial charge in [-0.1, -0.05) is 62.2 Å². The van der Waals surface area contributed by atoms with Gasteiger partial charge < -0.3 is 19.3 Å². The maximum absolute atomic E-state index is 10.3. The summed E-state index contributed by atoms with van der Waals surface area (Å²) in [5, 5.41) is 12.3. The van der Waals surface area contributed by atoms with Gasteiger partial charge in [0.1, 0.15) is 17.2 Å². The standard InChI is InChI=1S/C29H24Br2O4/c1-17-20-6-4-5-7-21(20)28-22(23(17)16-32)12-13-29(35-28,24-10-8-18(33-2)14-26(24)30)25-11-9-19(34-3)15-27(25)31/h4-15,32H,16H2,1-3H3. The number of hydrogen-bond donors (Lipinski definition) is 1. The molecule has 0 amide bonds. The van der Waals surface area contributed by atoms with Crippen LogP contribution < -0.4 is 14.2 Å². The number of hydrogen-bond acceptors (Lipinski definition) is 4. The zero-order chi connectivity index (χ0) is 24.7. The number of aliphatic hydroxyl groups excluding tert-OH is 1. The summed E-state index contributed by atoms with van der Waals surface area (Å²) in [6, 6.07) is 19.9. The molecule has 4 aromatic rings. The lowest BCUT2D eigenvalue weighted by atomic mass is 9.82. The SMILES string of the molecule is COc1ccc(C2(c3ccc(OC)cc3Br)C=Cc3c(CO)c(C)c4ccccc4c3O2)c(Br)c1. The van der Waals surface area contributed by atoms with Crippen LogP contribution in [-0.4, -0.2) is 19.3 Å². The first-order valence-electron chi connectivity index (χ1n) is 11.1. The maximum atomic E-state index is 10.3. The number of rotatable bonds is 5. The minimum atomic E-state index is -0.964. The Morgan fingerprint density at radius 1 is 0.857 bits per heavy atom. The molecule has 0 radical (unpaired) electrons. The molecule has 178 valence electrons. The smallest absolute Gasteiger partial charge is 0.180 e. The number of ether oxygens (including phenoxy) is 3. The molecule has 0 fully saturated rings. The van der Waals surface area contributed by atoms with E-state index in [1.165, 1.54) is 0 Å². The lowest BCUT2D eigenvalue weighted by molar-refractivity contribution is 0.161. The van der Waals surface area contributed by atoms with Crippen molar-refractivity contribution >= 4 is 48.7 Å². The molecule has 4 nitrogen and oxygen atoms in total. The third-order valence-corrected chi connectivity index (χ3v) is 7.97. The van der Waals surface area contributed by atoms with E-state index in [1.54, 1.807) is 14.2 Å². The van der Waals surface area contributed by atoms with Gasteiger partial charge in [-0.2, -0.15) is 0 Å². The number of benzene rings is 4. The second-order valence-corrected chi connectivity index (χ2v) is 10.1. The fraction of sp³-hybridized carbons (Fsp3) is 0.172. The van der Waals surface area contributed by atoms with E-state index in [4.69, 9.17) is 14.2 Å². The Hall–Kier alpha value is -2.80. The molecule has 0 aromatic heterocycles. The molecule has 5 rings (SSSR count). The maximum Gasteiger partial charge on any atom is 0.180 e. The van der Waals surface area contributed by atoms with Crippen LogP contribution in [0.15, 0.2) is 75.7 Å². The molecule has 1 N–H and O–H groups in total. The highest BCUT2D eigenvalue weighted by molar-refractivity contribution is 9.10. The summed E-state index contributed by atoms with van der Waals surface area (Å²) < 4.78 is 19.7. The fourth-order valence-electron chi connectivity index (χ4n) is 4.82. The van der Waals surface area contributed by atoms with Crippen LogP contribution in [0.3, 0.4) is 0 Å².